The second-order valence-corrected chi connectivity index (χ2v) is 10.2. The molecule has 0 spiro atoms. The van der Waals surface area contributed by atoms with Crippen molar-refractivity contribution in [1.29, 1.82) is 0 Å². The van der Waals surface area contributed by atoms with Crippen LogP contribution in [0.4, 0.5) is 0 Å². The lowest BCUT2D eigenvalue weighted by molar-refractivity contribution is 0.669. The number of benzene rings is 6. The van der Waals surface area contributed by atoms with Crippen molar-refractivity contribution in [2.24, 2.45) is 0 Å². The highest BCUT2D eigenvalue weighted by Gasteiger charge is 2.22. The molecule has 0 aliphatic carbocycles. The first-order valence-electron chi connectivity index (χ1n) is 13.3. The van der Waals surface area contributed by atoms with E-state index in [0.29, 0.717) is 0 Å². The van der Waals surface area contributed by atoms with Crippen molar-refractivity contribution in [3.8, 4) is 11.4 Å². The van der Waals surface area contributed by atoms with Gasteiger partial charge in [0, 0.05) is 43.7 Å². The van der Waals surface area contributed by atoms with E-state index in [4.69, 9.17) is 4.42 Å². The van der Waals surface area contributed by atoms with Crippen LogP contribution in [0.3, 0.4) is 0 Å². The molecule has 0 aliphatic rings. The van der Waals surface area contributed by atoms with Gasteiger partial charge in [0.1, 0.15) is 11.2 Å². The summed E-state index contributed by atoms with van der Waals surface area (Å²) in [5.41, 5.74) is 8.90. The Morgan fingerprint density at radius 2 is 1.05 bits per heavy atom. The van der Waals surface area contributed by atoms with E-state index in [9.17, 15) is 0 Å². The molecule has 0 amide bonds. The molecule has 9 aromatic rings. The Morgan fingerprint density at radius 1 is 0.385 bits per heavy atom. The average Bonchev–Trinajstić information content (AvgIpc) is 3.64. The molecule has 0 radical (unpaired) electrons. The van der Waals surface area contributed by atoms with Crippen LogP contribution in [0.1, 0.15) is 0 Å². The van der Waals surface area contributed by atoms with E-state index < -0.39 is 0 Å². The zero-order valence-corrected chi connectivity index (χ0v) is 21.0. The Kier molecular flexibility index (Phi) is 4.05. The van der Waals surface area contributed by atoms with Crippen LogP contribution in [-0.4, -0.2) is 9.13 Å². The predicted molar refractivity (Wildman–Crippen MR) is 162 cm³/mol. The SMILES string of the molecule is c1ccc(-n2c3cc4c(cc3c3c2ccc2c5ccccc5n(-c5ccccc5)c23)oc2ccccc24)cc1. The molecule has 0 fully saturated rings. The third-order valence-electron chi connectivity index (χ3n) is 8.09. The van der Waals surface area contributed by atoms with Crippen molar-refractivity contribution < 1.29 is 4.42 Å². The van der Waals surface area contributed by atoms with Gasteiger partial charge < -0.3 is 13.6 Å². The minimum absolute atomic E-state index is 0.912. The molecule has 3 nitrogen and oxygen atoms in total. The molecule has 0 unspecified atom stereocenters. The summed E-state index contributed by atoms with van der Waals surface area (Å²) in [7, 11) is 0. The molecule has 0 atom stereocenters. The number of aromatic nitrogens is 2. The fraction of sp³-hybridized carbons (Fsp3) is 0. The number of furan rings is 1. The van der Waals surface area contributed by atoms with Gasteiger partial charge in [-0.05, 0) is 54.6 Å². The Hall–Kier alpha value is -5.28. The number of hydrogen-bond acceptors (Lipinski definition) is 1. The number of hydrogen-bond donors (Lipinski definition) is 0. The van der Waals surface area contributed by atoms with Gasteiger partial charge >= 0.3 is 0 Å². The quantitative estimate of drug-likeness (QED) is 0.233. The van der Waals surface area contributed by atoms with Gasteiger partial charge in [0.05, 0.1) is 22.1 Å². The van der Waals surface area contributed by atoms with Crippen molar-refractivity contribution in [2.45, 2.75) is 0 Å². The number of para-hydroxylation sites is 4. The maximum atomic E-state index is 6.39. The third kappa shape index (κ3) is 2.76. The van der Waals surface area contributed by atoms with Crippen molar-refractivity contribution in [2.75, 3.05) is 0 Å². The lowest BCUT2D eigenvalue weighted by Gasteiger charge is -2.10. The Bertz CT molecular complexity index is 2370. The first-order valence-corrected chi connectivity index (χ1v) is 13.3. The summed E-state index contributed by atoms with van der Waals surface area (Å²) in [5.74, 6) is 0. The molecule has 6 aromatic carbocycles. The Balaban J connectivity index is 1.57. The molecule has 0 aliphatic heterocycles. The van der Waals surface area contributed by atoms with Gasteiger partial charge in [0.25, 0.3) is 0 Å². The molecule has 182 valence electrons. The topological polar surface area (TPSA) is 23.0 Å². The zero-order chi connectivity index (χ0) is 25.5. The molecule has 0 bridgehead atoms. The van der Waals surface area contributed by atoms with E-state index in [-0.39, 0.29) is 0 Å². The summed E-state index contributed by atoms with van der Waals surface area (Å²) >= 11 is 0. The standard InChI is InChI=1S/C36H22N2O/c1-3-11-23(12-4-1)37-31-20-19-27-25-15-7-9-17-30(25)38(24-13-5-2-6-14-24)36(27)35(31)29-22-34-28(21-32(29)37)26-16-8-10-18-33(26)39-34/h1-22H. The van der Waals surface area contributed by atoms with Gasteiger partial charge in [-0.3, -0.25) is 0 Å². The number of rotatable bonds is 2. The summed E-state index contributed by atoms with van der Waals surface area (Å²) in [5, 5.41) is 7.20. The van der Waals surface area contributed by atoms with Gasteiger partial charge in [-0.25, -0.2) is 0 Å². The summed E-state index contributed by atoms with van der Waals surface area (Å²) in [4.78, 5) is 0. The molecule has 39 heavy (non-hydrogen) atoms. The second kappa shape index (κ2) is 7.62. The number of nitrogens with zero attached hydrogens (tertiary/aromatic N) is 2. The molecule has 9 rings (SSSR count). The van der Waals surface area contributed by atoms with E-state index in [0.717, 1.165) is 33.3 Å². The van der Waals surface area contributed by atoms with Crippen molar-refractivity contribution >= 4 is 65.6 Å². The fourth-order valence-electron chi connectivity index (χ4n) is 6.47. The molecule has 0 saturated heterocycles. The third-order valence-corrected chi connectivity index (χ3v) is 8.09. The van der Waals surface area contributed by atoms with Crippen molar-refractivity contribution in [3.63, 3.8) is 0 Å². The maximum Gasteiger partial charge on any atom is 0.136 e. The van der Waals surface area contributed by atoms with E-state index in [1.54, 1.807) is 0 Å². The summed E-state index contributed by atoms with van der Waals surface area (Å²) < 4.78 is 11.2. The molecule has 3 heterocycles. The first-order chi connectivity index (χ1) is 19.4. The molecule has 3 heteroatoms. The molecule has 0 saturated carbocycles. The van der Waals surface area contributed by atoms with Gasteiger partial charge in [-0.1, -0.05) is 78.9 Å². The normalized spacial score (nSPS) is 12.1. The lowest BCUT2D eigenvalue weighted by atomic mass is 10.1. The van der Waals surface area contributed by atoms with E-state index in [2.05, 4.69) is 137 Å². The van der Waals surface area contributed by atoms with Crippen LogP contribution in [0.15, 0.2) is 138 Å². The monoisotopic (exact) mass is 498 g/mol. The maximum absolute atomic E-state index is 6.39. The predicted octanol–water partition coefficient (Wildman–Crippen LogP) is 9.78. The molecular weight excluding hydrogens is 476 g/mol. The van der Waals surface area contributed by atoms with Crippen LogP contribution in [0.2, 0.25) is 0 Å². The largest absolute Gasteiger partial charge is 0.456 e. The summed E-state index contributed by atoms with van der Waals surface area (Å²) in [6.07, 6.45) is 0. The second-order valence-electron chi connectivity index (χ2n) is 10.2. The minimum atomic E-state index is 0.912. The highest BCUT2D eigenvalue weighted by Crippen LogP contribution is 2.44. The van der Waals surface area contributed by atoms with Crippen molar-refractivity contribution in [1.82, 2.24) is 9.13 Å². The zero-order valence-electron chi connectivity index (χ0n) is 21.0. The van der Waals surface area contributed by atoms with Crippen LogP contribution < -0.4 is 0 Å². The first kappa shape index (κ1) is 20.7. The summed E-state index contributed by atoms with van der Waals surface area (Å²) in [6.45, 7) is 0. The fourth-order valence-corrected chi connectivity index (χ4v) is 6.47. The van der Waals surface area contributed by atoms with Crippen LogP contribution in [0.25, 0.3) is 76.9 Å². The van der Waals surface area contributed by atoms with E-state index in [1.807, 2.05) is 6.07 Å². The van der Waals surface area contributed by atoms with Crippen LogP contribution in [0.5, 0.6) is 0 Å². The van der Waals surface area contributed by atoms with E-state index in [1.165, 1.54) is 43.6 Å². The molecule has 0 N–H and O–H groups in total. The summed E-state index contributed by atoms with van der Waals surface area (Å²) in [6, 6.07) is 47.5. The van der Waals surface area contributed by atoms with Crippen LogP contribution >= 0.6 is 0 Å². The number of fused-ring (bicyclic) bond motifs is 10. The highest BCUT2D eigenvalue weighted by molar-refractivity contribution is 6.28. The van der Waals surface area contributed by atoms with Gasteiger partial charge in [0.2, 0.25) is 0 Å². The Labute approximate surface area is 223 Å². The Morgan fingerprint density at radius 3 is 1.85 bits per heavy atom. The van der Waals surface area contributed by atoms with Gasteiger partial charge in [0.15, 0.2) is 0 Å². The van der Waals surface area contributed by atoms with E-state index >= 15 is 0 Å². The lowest BCUT2D eigenvalue weighted by Crippen LogP contribution is -1.95. The minimum Gasteiger partial charge on any atom is -0.456 e. The molecular formula is C36H22N2O. The highest BCUT2D eigenvalue weighted by atomic mass is 16.3. The smallest absolute Gasteiger partial charge is 0.136 e. The van der Waals surface area contributed by atoms with Crippen LogP contribution in [-0.2, 0) is 0 Å². The molecule has 3 aromatic heterocycles. The van der Waals surface area contributed by atoms with Crippen molar-refractivity contribution in [3.05, 3.63) is 133 Å². The van der Waals surface area contributed by atoms with Crippen LogP contribution in [0, 0.1) is 0 Å². The van der Waals surface area contributed by atoms with Gasteiger partial charge in [-0.2, -0.15) is 0 Å². The average molecular weight is 499 g/mol. The van der Waals surface area contributed by atoms with Gasteiger partial charge in [-0.15, -0.1) is 0 Å².